The molecule has 0 bridgehead atoms. The minimum absolute atomic E-state index is 0.0562. The molecule has 0 atom stereocenters. The van der Waals surface area contributed by atoms with Gasteiger partial charge in [0.1, 0.15) is 0 Å². The molecule has 10 nitrogen and oxygen atoms in total. The van der Waals surface area contributed by atoms with E-state index >= 15 is 0 Å². The highest BCUT2D eigenvalue weighted by atomic mass is 16.6. The molecule has 0 aliphatic heterocycles. The van der Waals surface area contributed by atoms with E-state index in [1.54, 1.807) is 13.0 Å². The molecule has 0 unspecified atom stereocenters. The normalized spacial score (nSPS) is 10.1. The Morgan fingerprint density at radius 3 is 2.19 bits per heavy atom. The average molecular weight is 374 g/mol. The van der Waals surface area contributed by atoms with Gasteiger partial charge < -0.3 is 20.3 Å². The summed E-state index contributed by atoms with van der Waals surface area (Å²) in [5.41, 5.74) is -0.353. The summed E-state index contributed by atoms with van der Waals surface area (Å²) in [6.07, 6.45) is 0. The molecule has 0 aromatic heterocycles. The summed E-state index contributed by atoms with van der Waals surface area (Å²) in [5.74, 6) is -3.57. The van der Waals surface area contributed by atoms with Crippen LogP contribution in [-0.2, 0) is 4.79 Å². The Bertz CT molecular complexity index is 906. The van der Waals surface area contributed by atoms with E-state index in [0.29, 0.717) is 5.56 Å². The second-order valence-corrected chi connectivity index (χ2v) is 5.47. The summed E-state index contributed by atoms with van der Waals surface area (Å²) in [4.78, 5) is 44.5. The molecule has 0 aliphatic carbocycles. The van der Waals surface area contributed by atoms with Crippen LogP contribution in [0.5, 0.6) is 5.75 Å². The molecule has 2 rings (SSSR count). The molecule has 3 N–H and O–H groups in total. The molecule has 10 heteroatoms. The van der Waals surface area contributed by atoms with Crippen molar-refractivity contribution >= 4 is 29.2 Å². The Morgan fingerprint density at radius 1 is 1.07 bits per heavy atom. The zero-order valence-electron chi connectivity index (χ0n) is 14.0. The van der Waals surface area contributed by atoms with Crippen molar-refractivity contribution in [1.29, 1.82) is 0 Å². The Hall–Kier alpha value is -3.95. The highest BCUT2D eigenvalue weighted by Gasteiger charge is 2.17. The molecule has 0 saturated carbocycles. The van der Waals surface area contributed by atoms with Gasteiger partial charge in [-0.1, -0.05) is 6.07 Å². The fraction of sp³-hybridized carbons (Fsp3) is 0.118. The quantitative estimate of drug-likeness (QED) is 0.492. The number of anilines is 1. The van der Waals surface area contributed by atoms with Crippen LogP contribution in [0.1, 0.15) is 26.3 Å². The van der Waals surface area contributed by atoms with E-state index < -0.39 is 29.4 Å². The van der Waals surface area contributed by atoms with Gasteiger partial charge in [0.15, 0.2) is 12.4 Å². The number of rotatable bonds is 7. The Labute approximate surface area is 152 Å². The number of benzene rings is 2. The van der Waals surface area contributed by atoms with Gasteiger partial charge in [0.05, 0.1) is 16.1 Å². The molecule has 0 heterocycles. The number of nitrogens with zero attached hydrogens (tertiary/aromatic N) is 1. The number of carboxylic acids is 2. The van der Waals surface area contributed by atoms with Crippen molar-refractivity contribution in [3.8, 4) is 5.75 Å². The summed E-state index contributed by atoms with van der Waals surface area (Å²) in [7, 11) is 0. The predicted molar refractivity (Wildman–Crippen MR) is 92.3 cm³/mol. The van der Waals surface area contributed by atoms with E-state index in [0.717, 1.165) is 18.2 Å². The number of nitro benzene ring substituents is 1. The van der Waals surface area contributed by atoms with E-state index in [1.807, 2.05) is 0 Å². The second-order valence-electron chi connectivity index (χ2n) is 5.47. The van der Waals surface area contributed by atoms with E-state index in [1.165, 1.54) is 12.1 Å². The van der Waals surface area contributed by atoms with Crippen LogP contribution in [0.15, 0.2) is 36.4 Å². The second kappa shape index (κ2) is 7.95. The number of aryl methyl sites for hydroxylation is 1. The smallest absolute Gasteiger partial charge is 0.335 e. The number of ether oxygens (including phenoxy) is 1. The summed E-state index contributed by atoms with van der Waals surface area (Å²) >= 11 is 0. The van der Waals surface area contributed by atoms with Crippen LogP contribution in [0.2, 0.25) is 0 Å². The number of amides is 1. The van der Waals surface area contributed by atoms with Gasteiger partial charge in [-0.05, 0) is 36.8 Å². The number of carbonyl (C=O) groups is 3. The minimum Gasteiger partial charge on any atom is -0.478 e. The van der Waals surface area contributed by atoms with Crippen molar-refractivity contribution in [2.24, 2.45) is 0 Å². The maximum atomic E-state index is 12.0. The number of hydrogen-bond acceptors (Lipinski definition) is 6. The topological polar surface area (TPSA) is 156 Å². The van der Waals surface area contributed by atoms with Gasteiger partial charge in [-0.3, -0.25) is 14.9 Å². The Balaban J connectivity index is 2.14. The molecule has 2 aromatic carbocycles. The van der Waals surface area contributed by atoms with Crippen molar-refractivity contribution < 1.29 is 34.3 Å². The molecular weight excluding hydrogens is 360 g/mol. The third-order valence-electron chi connectivity index (χ3n) is 3.38. The monoisotopic (exact) mass is 374 g/mol. The van der Waals surface area contributed by atoms with Crippen molar-refractivity contribution in [2.45, 2.75) is 6.92 Å². The van der Waals surface area contributed by atoms with Crippen LogP contribution in [0, 0.1) is 17.0 Å². The molecule has 140 valence electrons. The SMILES string of the molecule is Cc1ccc(OCC(=O)Nc2cc(C(=O)O)cc(C(=O)O)c2)c([N+](=O)[O-])c1. The lowest BCUT2D eigenvalue weighted by Gasteiger charge is -2.09. The highest BCUT2D eigenvalue weighted by Crippen LogP contribution is 2.27. The average Bonchev–Trinajstić information content (AvgIpc) is 2.60. The summed E-state index contributed by atoms with van der Waals surface area (Å²) in [5, 5.41) is 31.4. The zero-order chi connectivity index (χ0) is 20.1. The van der Waals surface area contributed by atoms with E-state index in [2.05, 4.69) is 5.32 Å². The molecule has 2 aromatic rings. The lowest BCUT2D eigenvalue weighted by molar-refractivity contribution is -0.385. The molecular formula is C17H14N2O8. The van der Waals surface area contributed by atoms with Gasteiger partial charge in [0, 0.05) is 11.8 Å². The zero-order valence-corrected chi connectivity index (χ0v) is 14.0. The standard InChI is InChI=1S/C17H14N2O8/c1-9-2-3-14(13(4-9)19(25)26)27-8-15(20)18-12-6-10(16(21)22)5-11(7-12)17(23)24/h2-7H,8H2,1H3,(H,18,20)(H,21,22)(H,23,24). The molecule has 0 saturated heterocycles. The highest BCUT2D eigenvalue weighted by molar-refractivity contribution is 5.98. The van der Waals surface area contributed by atoms with Crippen LogP contribution < -0.4 is 10.1 Å². The van der Waals surface area contributed by atoms with Crippen molar-refractivity contribution in [1.82, 2.24) is 0 Å². The van der Waals surface area contributed by atoms with Gasteiger partial charge in [-0.2, -0.15) is 0 Å². The summed E-state index contributed by atoms with van der Waals surface area (Å²) in [6.45, 7) is 1.07. The van der Waals surface area contributed by atoms with E-state index in [-0.39, 0.29) is 28.3 Å². The van der Waals surface area contributed by atoms with Crippen molar-refractivity contribution in [3.63, 3.8) is 0 Å². The fourth-order valence-corrected chi connectivity index (χ4v) is 2.18. The fourth-order valence-electron chi connectivity index (χ4n) is 2.18. The van der Waals surface area contributed by atoms with Crippen molar-refractivity contribution in [2.75, 3.05) is 11.9 Å². The van der Waals surface area contributed by atoms with Crippen LogP contribution in [-0.4, -0.2) is 39.6 Å². The molecule has 0 radical (unpaired) electrons. The minimum atomic E-state index is -1.36. The van der Waals surface area contributed by atoms with Crippen LogP contribution >= 0.6 is 0 Å². The lowest BCUT2D eigenvalue weighted by Crippen LogP contribution is -2.21. The maximum Gasteiger partial charge on any atom is 0.335 e. The molecule has 0 spiro atoms. The van der Waals surface area contributed by atoms with E-state index in [9.17, 15) is 24.5 Å². The number of hydrogen-bond donors (Lipinski definition) is 3. The van der Waals surface area contributed by atoms with Gasteiger partial charge in [0.2, 0.25) is 0 Å². The van der Waals surface area contributed by atoms with Crippen molar-refractivity contribution in [3.05, 3.63) is 63.2 Å². The van der Waals surface area contributed by atoms with Crippen LogP contribution in [0.25, 0.3) is 0 Å². The van der Waals surface area contributed by atoms with Gasteiger partial charge in [-0.25, -0.2) is 9.59 Å². The third-order valence-corrected chi connectivity index (χ3v) is 3.38. The van der Waals surface area contributed by atoms with Crippen LogP contribution in [0.3, 0.4) is 0 Å². The molecule has 0 fully saturated rings. The first-order valence-electron chi connectivity index (χ1n) is 7.46. The molecule has 1 amide bonds. The summed E-state index contributed by atoms with van der Waals surface area (Å²) in [6, 6.07) is 7.35. The number of carbonyl (C=O) groups excluding carboxylic acids is 1. The summed E-state index contributed by atoms with van der Waals surface area (Å²) < 4.78 is 5.16. The Morgan fingerprint density at radius 2 is 1.67 bits per heavy atom. The third kappa shape index (κ3) is 5.01. The first-order chi connectivity index (χ1) is 12.7. The predicted octanol–water partition coefficient (Wildman–Crippen LogP) is 2.32. The van der Waals surface area contributed by atoms with Gasteiger partial charge >= 0.3 is 17.6 Å². The number of aromatic carboxylic acids is 2. The largest absolute Gasteiger partial charge is 0.478 e. The first kappa shape index (κ1) is 19.4. The van der Waals surface area contributed by atoms with Crippen LogP contribution in [0.4, 0.5) is 11.4 Å². The lowest BCUT2D eigenvalue weighted by atomic mass is 10.1. The first-order valence-corrected chi connectivity index (χ1v) is 7.46. The number of nitro groups is 1. The number of carboxylic acid groups (broad SMARTS) is 2. The van der Waals surface area contributed by atoms with Gasteiger partial charge in [-0.15, -0.1) is 0 Å². The molecule has 0 aliphatic rings. The number of nitrogens with one attached hydrogen (secondary N) is 1. The van der Waals surface area contributed by atoms with E-state index in [4.69, 9.17) is 14.9 Å². The Kier molecular flexibility index (Phi) is 5.71. The molecule has 27 heavy (non-hydrogen) atoms. The van der Waals surface area contributed by atoms with Gasteiger partial charge in [0.25, 0.3) is 5.91 Å². The maximum absolute atomic E-state index is 12.0.